The van der Waals surface area contributed by atoms with E-state index in [9.17, 15) is 8.42 Å². The van der Waals surface area contributed by atoms with Gasteiger partial charge in [0.25, 0.3) is 0 Å². The highest BCUT2D eigenvalue weighted by Crippen LogP contribution is 2.26. The zero-order valence-electron chi connectivity index (χ0n) is 13.9. The molecule has 7 heteroatoms. The van der Waals surface area contributed by atoms with Crippen molar-refractivity contribution in [3.63, 3.8) is 0 Å². The lowest BCUT2D eigenvalue weighted by Crippen LogP contribution is -2.39. The Balaban J connectivity index is 1.64. The molecule has 1 aliphatic heterocycles. The monoisotopic (exact) mass is 411 g/mol. The van der Waals surface area contributed by atoms with E-state index in [2.05, 4.69) is 34.0 Å². The van der Waals surface area contributed by atoms with Crippen molar-refractivity contribution in [2.24, 2.45) is 5.92 Å². The third-order valence-corrected chi connectivity index (χ3v) is 7.00. The summed E-state index contributed by atoms with van der Waals surface area (Å²) in [5, 5.41) is 4.51. The topological polar surface area (TPSA) is 55.2 Å². The Hall–Kier alpha value is -1.18. The van der Waals surface area contributed by atoms with Gasteiger partial charge in [-0.1, -0.05) is 15.9 Å². The summed E-state index contributed by atoms with van der Waals surface area (Å²) < 4.78 is 30.0. The molecule has 0 unspecified atom stereocenters. The van der Waals surface area contributed by atoms with Crippen LogP contribution in [0, 0.1) is 19.8 Å². The van der Waals surface area contributed by atoms with E-state index in [4.69, 9.17) is 0 Å². The molecule has 1 saturated heterocycles. The standard InChI is InChI=1S/C17H22BrN3O2S/c1-13-11-14(2)21(19-13)12-15-7-9-20(10-8-15)24(22,23)17-5-3-16(18)4-6-17/h3-6,11,15H,7-10,12H2,1-2H3. The molecule has 0 atom stereocenters. The molecule has 0 amide bonds. The summed E-state index contributed by atoms with van der Waals surface area (Å²) in [4.78, 5) is 0.364. The highest BCUT2D eigenvalue weighted by atomic mass is 79.9. The lowest BCUT2D eigenvalue weighted by molar-refractivity contribution is 0.246. The molecule has 1 fully saturated rings. The van der Waals surface area contributed by atoms with Gasteiger partial charge in [0.05, 0.1) is 10.6 Å². The van der Waals surface area contributed by atoms with Crippen LogP contribution < -0.4 is 0 Å². The minimum Gasteiger partial charge on any atom is -0.269 e. The average Bonchev–Trinajstić information content (AvgIpc) is 2.86. The first-order valence-electron chi connectivity index (χ1n) is 8.13. The van der Waals surface area contributed by atoms with Gasteiger partial charge in [-0.15, -0.1) is 0 Å². The molecular weight excluding hydrogens is 390 g/mol. The molecule has 0 radical (unpaired) electrons. The van der Waals surface area contributed by atoms with E-state index in [1.807, 2.05) is 11.6 Å². The van der Waals surface area contributed by atoms with Gasteiger partial charge in [-0.05, 0) is 62.9 Å². The Bertz CT molecular complexity index is 807. The Kier molecular flexibility index (Phi) is 5.13. The van der Waals surface area contributed by atoms with E-state index in [0.717, 1.165) is 35.2 Å². The number of sulfonamides is 1. The van der Waals surface area contributed by atoms with Crippen molar-refractivity contribution in [2.75, 3.05) is 13.1 Å². The molecule has 3 rings (SSSR count). The number of hydrogen-bond donors (Lipinski definition) is 0. The second-order valence-electron chi connectivity index (χ2n) is 6.41. The van der Waals surface area contributed by atoms with Crippen LogP contribution in [-0.2, 0) is 16.6 Å². The third kappa shape index (κ3) is 3.73. The van der Waals surface area contributed by atoms with Gasteiger partial charge >= 0.3 is 0 Å². The summed E-state index contributed by atoms with van der Waals surface area (Å²) in [7, 11) is -3.39. The van der Waals surface area contributed by atoms with Gasteiger partial charge in [0.1, 0.15) is 0 Å². The van der Waals surface area contributed by atoms with Gasteiger partial charge in [-0.25, -0.2) is 8.42 Å². The Morgan fingerprint density at radius 3 is 2.33 bits per heavy atom. The van der Waals surface area contributed by atoms with Crippen molar-refractivity contribution in [3.8, 4) is 0 Å². The van der Waals surface area contributed by atoms with E-state index in [-0.39, 0.29) is 0 Å². The van der Waals surface area contributed by atoms with Gasteiger partial charge in [0.2, 0.25) is 10.0 Å². The first-order chi connectivity index (χ1) is 11.4. The molecule has 2 heterocycles. The Morgan fingerprint density at radius 1 is 1.17 bits per heavy atom. The van der Waals surface area contributed by atoms with Crippen LogP contribution in [0.15, 0.2) is 39.7 Å². The number of aryl methyl sites for hydroxylation is 2. The highest BCUT2D eigenvalue weighted by molar-refractivity contribution is 9.10. The molecule has 0 bridgehead atoms. The van der Waals surface area contributed by atoms with Crippen molar-refractivity contribution in [2.45, 2.75) is 38.1 Å². The molecule has 1 aliphatic rings. The number of halogens is 1. The molecule has 1 aromatic carbocycles. The maximum atomic E-state index is 12.7. The SMILES string of the molecule is Cc1cc(C)n(CC2CCN(S(=O)(=O)c3ccc(Br)cc3)CC2)n1. The van der Waals surface area contributed by atoms with Gasteiger partial charge in [0, 0.05) is 29.8 Å². The molecule has 1 aromatic heterocycles. The fraction of sp³-hybridized carbons (Fsp3) is 0.471. The Labute approximate surface area is 151 Å². The lowest BCUT2D eigenvalue weighted by atomic mass is 9.98. The number of piperidine rings is 1. The first-order valence-corrected chi connectivity index (χ1v) is 10.4. The number of hydrogen-bond acceptors (Lipinski definition) is 3. The van der Waals surface area contributed by atoms with Gasteiger partial charge in [0.15, 0.2) is 0 Å². The largest absolute Gasteiger partial charge is 0.269 e. The number of rotatable bonds is 4. The van der Waals surface area contributed by atoms with E-state index < -0.39 is 10.0 Å². The molecular formula is C17H22BrN3O2S. The minimum atomic E-state index is -3.39. The van der Waals surface area contributed by atoms with Crippen LogP contribution in [-0.4, -0.2) is 35.6 Å². The smallest absolute Gasteiger partial charge is 0.243 e. The van der Waals surface area contributed by atoms with E-state index in [1.54, 1.807) is 28.6 Å². The lowest BCUT2D eigenvalue weighted by Gasteiger charge is -2.31. The summed E-state index contributed by atoms with van der Waals surface area (Å²) in [6.07, 6.45) is 1.74. The number of aromatic nitrogens is 2. The normalized spacial score (nSPS) is 17.3. The molecule has 0 aliphatic carbocycles. The van der Waals surface area contributed by atoms with Crippen molar-refractivity contribution in [1.29, 1.82) is 0 Å². The van der Waals surface area contributed by atoms with Crippen molar-refractivity contribution >= 4 is 26.0 Å². The van der Waals surface area contributed by atoms with E-state index in [0.29, 0.717) is 23.9 Å². The average molecular weight is 412 g/mol. The second kappa shape index (κ2) is 6.98. The summed E-state index contributed by atoms with van der Waals surface area (Å²) in [6.45, 7) is 6.07. The summed E-state index contributed by atoms with van der Waals surface area (Å²) >= 11 is 3.34. The van der Waals surface area contributed by atoms with Crippen LogP contribution in [0.4, 0.5) is 0 Å². The molecule has 5 nitrogen and oxygen atoms in total. The zero-order chi connectivity index (χ0) is 17.3. The molecule has 0 spiro atoms. The van der Waals surface area contributed by atoms with Gasteiger partial charge in [-0.3, -0.25) is 4.68 Å². The minimum absolute atomic E-state index is 0.364. The van der Waals surface area contributed by atoms with Gasteiger partial charge < -0.3 is 0 Å². The number of benzene rings is 1. The van der Waals surface area contributed by atoms with E-state index in [1.165, 1.54) is 0 Å². The third-order valence-electron chi connectivity index (χ3n) is 4.56. The highest BCUT2D eigenvalue weighted by Gasteiger charge is 2.29. The summed E-state index contributed by atoms with van der Waals surface area (Å²) in [5.41, 5.74) is 2.19. The molecule has 0 saturated carbocycles. The quantitative estimate of drug-likeness (QED) is 0.774. The van der Waals surface area contributed by atoms with E-state index >= 15 is 0 Å². The van der Waals surface area contributed by atoms with Crippen LogP contribution in [0.1, 0.15) is 24.2 Å². The van der Waals surface area contributed by atoms with Crippen molar-refractivity contribution in [1.82, 2.24) is 14.1 Å². The van der Waals surface area contributed by atoms with Crippen LogP contribution in [0.2, 0.25) is 0 Å². The molecule has 0 N–H and O–H groups in total. The summed E-state index contributed by atoms with van der Waals surface area (Å²) in [5.74, 6) is 0.472. The van der Waals surface area contributed by atoms with Gasteiger partial charge in [-0.2, -0.15) is 9.40 Å². The predicted molar refractivity (Wildman–Crippen MR) is 97.3 cm³/mol. The zero-order valence-corrected chi connectivity index (χ0v) is 16.3. The second-order valence-corrected chi connectivity index (χ2v) is 9.26. The first kappa shape index (κ1) is 17.6. The summed E-state index contributed by atoms with van der Waals surface area (Å²) in [6, 6.07) is 8.92. The maximum Gasteiger partial charge on any atom is 0.243 e. The number of nitrogens with zero attached hydrogens (tertiary/aromatic N) is 3. The molecule has 24 heavy (non-hydrogen) atoms. The molecule has 130 valence electrons. The van der Waals surface area contributed by atoms with Crippen LogP contribution in [0.5, 0.6) is 0 Å². The van der Waals surface area contributed by atoms with Crippen molar-refractivity contribution < 1.29 is 8.42 Å². The Morgan fingerprint density at radius 2 is 1.79 bits per heavy atom. The fourth-order valence-corrected chi connectivity index (χ4v) is 4.93. The van der Waals surface area contributed by atoms with Crippen molar-refractivity contribution in [3.05, 3.63) is 46.2 Å². The maximum absolute atomic E-state index is 12.7. The molecule has 2 aromatic rings. The van der Waals surface area contributed by atoms with Crippen LogP contribution >= 0.6 is 15.9 Å². The van der Waals surface area contributed by atoms with Crippen LogP contribution in [0.3, 0.4) is 0 Å². The van der Waals surface area contributed by atoms with Crippen LogP contribution in [0.25, 0.3) is 0 Å². The predicted octanol–water partition coefficient (Wildman–Crippen LogP) is 3.36. The fourth-order valence-electron chi connectivity index (χ4n) is 3.19.